The van der Waals surface area contributed by atoms with Crippen molar-refractivity contribution in [2.75, 3.05) is 11.9 Å². The lowest BCUT2D eigenvalue weighted by Gasteiger charge is -2.27. The summed E-state index contributed by atoms with van der Waals surface area (Å²) in [7, 11) is 0. The van der Waals surface area contributed by atoms with Gasteiger partial charge in [-0.05, 0) is 32.1 Å². The number of rotatable bonds is 6. The van der Waals surface area contributed by atoms with Crippen LogP contribution in [0.5, 0.6) is 0 Å². The summed E-state index contributed by atoms with van der Waals surface area (Å²) in [5.41, 5.74) is 0. The van der Waals surface area contributed by atoms with Crippen molar-refractivity contribution >= 4 is 15.9 Å². The fourth-order valence-electron chi connectivity index (χ4n) is 1.76. The van der Waals surface area contributed by atoms with Crippen LogP contribution in [0.3, 0.4) is 0 Å². The second-order valence-electron chi connectivity index (χ2n) is 3.82. The van der Waals surface area contributed by atoms with Crippen molar-refractivity contribution in [3.8, 4) is 0 Å². The maximum Gasteiger partial charge on any atom is 0.157 e. The molecule has 1 aliphatic heterocycles. The second-order valence-corrected chi connectivity index (χ2v) is 4.61. The Bertz CT molecular complexity index is 129. The molecule has 1 fully saturated rings. The molecule has 0 aromatic heterocycles. The Balaban J connectivity index is 2.21. The molecule has 3 heteroatoms. The predicted molar refractivity (Wildman–Crippen MR) is 61.8 cm³/mol. The summed E-state index contributed by atoms with van der Waals surface area (Å²) in [4.78, 5) is 0. The summed E-state index contributed by atoms with van der Waals surface area (Å²) in [5.74, 6) is 0. The molecule has 1 unspecified atom stereocenters. The molecule has 0 N–H and O–H groups in total. The summed E-state index contributed by atoms with van der Waals surface area (Å²) in [5, 5.41) is 1.02. The second kappa shape index (κ2) is 7.66. The van der Waals surface area contributed by atoms with Crippen LogP contribution in [0, 0.1) is 0 Å². The maximum absolute atomic E-state index is 5.92. The van der Waals surface area contributed by atoms with Gasteiger partial charge < -0.3 is 9.47 Å². The molecule has 0 saturated carbocycles. The van der Waals surface area contributed by atoms with E-state index < -0.39 is 0 Å². The third kappa shape index (κ3) is 4.76. The van der Waals surface area contributed by atoms with Gasteiger partial charge in [0.25, 0.3) is 0 Å². The zero-order chi connectivity index (χ0) is 10.2. The Labute approximate surface area is 95.5 Å². The van der Waals surface area contributed by atoms with E-state index in [2.05, 4.69) is 22.9 Å². The molecule has 2 atom stereocenters. The fourth-order valence-corrected chi connectivity index (χ4v) is 2.27. The fraction of sp³-hybridized carbons (Fsp3) is 1.00. The highest BCUT2D eigenvalue weighted by Gasteiger charge is 2.18. The molecule has 1 rings (SSSR count). The number of hydrogen-bond acceptors (Lipinski definition) is 2. The van der Waals surface area contributed by atoms with Crippen molar-refractivity contribution in [3.05, 3.63) is 0 Å². The molecule has 14 heavy (non-hydrogen) atoms. The van der Waals surface area contributed by atoms with Crippen LogP contribution in [0.25, 0.3) is 0 Å². The average molecular weight is 265 g/mol. The van der Waals surface area contributed by atoms with Gasteiger partial charge in [0.2, 0.25) is 0 Å². The Morgan fingerprint density at radius 2 is 2.29 bits per heavy atom. The molecular formula is C11H21BrO2. The van der Waals surface area contributed by atoms with E-state index in [1.807, 2.05) is 0 Å². The maximum atomic E-state index is 5.92. The lowest BCUT2D eigenvalue weighted by molar-refractivity contribution is -0.189. The zero-order valence-corrected chi connectivity index (χ0v) is 10.6. The van der Waals surface area contributed by atoms with Crippen molar-refractivity contribution < 1.29 is 9.47 Å². The van der Waals surface area contributed by atoms with Gasteiger partial charge in [0.05, 0.1) is 6.10 Å². The minimum Gasteiger partial charge on any atom is -0.353 e. The molecule has 1 heterocycles. The number of alkyl halides is 1. The van der Waals surface area contributed by atoms with Crippen LogP contribution < -0.4 is 0 Å². The van der Waals surface area contributed by atoms with E-state index >= 15 is 0 Å². The molecule has 0 aliphatic carbocycles. The summed E-state index contributed by atoms with van der Waals surface area (Å²) in [6.45, 7) is 3.07. The largest absolute Gasteiger partial charge is 0.353 e. The summed E-state index contributed by atoms with van der Waals surface area (Å²) in [6, 6.07) is 0. The van der Waals surface area contributed by atoms with E-state index in [0.717, 1.165) is 31.2 Å². The number of hydrogen-bond donors (Lipinski definition) is 0. The minimum absolute atomic E-state index is 0.0688. The van der Waals surface area contributed by atoms with Gasteiger partial charge in [-0.15, -0.1) is 0 Å². The Kier molecular flexibility index (Phi) is 6.82. The van der Waals surface area contributed by atoms with Gasteiger partial charge in [-0.25, -0.2) is 0 Å². The molecule has 2 nitrogen and oxygen atoms in total. The molecule has 0 aromatic carbocycles. The average Bonchev–Trinajstić information content (AvgIpc) is 2.20. The highest BCUT2D eigenvalue weighted by molar-refractivity contribution is 9.09. The summed E-state index contributed by atoms with van der Waals surface area (Å²) < 4.78 is 11.5. The molecule has 84 valence electrons. The first-order valence-corrected chi connectivity index (χ1v) is 6.82. The van der Waals surface area contributed by atoms with E-state index in [1.54, 1.807) is 0 Å². The standard InChI is InChI=1S/C11H21BrO2/c1-2-5-10(7-8-12)14-11-6-3-4-9-13-11/h10-11H,2-9H2,1H3/t10?,11-/m0/s1. The van der Waals surface area contributed by atoms with E-state index in [0.29, 0.717) is 6.10 Å². The molecule has 1 saturated heterocycles. The van der Waals surface area contributed by atoms with E-state index in [4.69, 9.17) is 9.47 Å². The highest BCUT2D eigenvalue weighted by Crippen LogP contribution is 2.19. The normalized spacial score (nSPS) is 24.9. The van der Waals surface area contributed by atoms with Gasteiger partial charge in [-0.2, -0.15) is 0 Å². The molecule has 0 bridgehead atoms. The van der Waals surface area contributed by atoms with Gasteiger partial charge in [0.1, 0.15) is 0 Å². The Morgan fingerprint density at radius 1 is 1.43 bits per heavy atom. The van der Waals surface area contributed by atoms with Gasteiger partial charge >= 0.3 is 0 Å². The predicted octanol–water partition coefficient (Wildman–Crippen LogP) is 3.48. The third-order valence-electron chi connectivity index (χ3n) is 2.52. The van der Waals surface area contributed by atoms with Crippen molar-refractivity contribution in [1.29, 1.82) is 0 Å². The lowest BCUT2D eigenvalue weighted by atomic mass is 10.1. The lowest BCUT2D eigenvalue weighted by Crippen LogP contribution is -2.28. The van der Waals surface area contributed by atoms with Gasteiger partial charge in [0.15, 0.2) is 6.29 Å². The molecule has 0 spiro atoms. The topological polar surface area (TPSA) is 18.5 Å². The van der Waals surface area contributed by atoms with Crippen molar-refractivity contribution in [2.45, 2.75) is 57.8 Å². The number of halogens is 1. The smallest absolute Gasteiger partial charge is 0.157 e. The Hall–Kier alpha value is 0.400. The first-order valence-electron chi connectivity index (χ1n) is 5.69. The van der Waals surface area contributed by atoms with Gasteiger partial charge in [-0.1, -0.05) is 29.3 Å². The van der Waals surface area contributed by atoms with Crippen LogP contribution in [0.2, 0.25) is 0 Å². The van der Waals surface area contributed by atoms with Crippen molar-refractivity contribution in [3.63, 3.8) is 0 Å². The van der Waals surface area contributed by atoms with Crippen LogP contribution in [0.15, 0.2) is 0 Å². The van der Waals surface area contributed by atoms with Crippen molar-refractivity contribution in [1.82, 2.24) is 0 Å². The van der Waals surface area contributed by atoms with Crippen molar-refractivity contribution in [2.24, 2.45) is 0 Å². The first-order chi connectivity index (χ1) is 6.86. The van der Waals surface area contributed by atoms with E-state index in [1.165, 1.54) is 19.3 Å². The molecular weight excluding hydrogens is 244 g/mol. The zero-order valence-electron chi connectivity index (χ0n) is 9.01. The molecule has 0 amide bonds. The minimum atomic E-state index is 0.0688. The van der Waals surface area contributed by atoms with E-state index in [-0.39, 0.29) is 6.29 Å². The SMILES string of the molecule is CCCC(CCBr)O[C@H]1CCCCO1. The third-order valence-corrected chi connectivity index (χ3v) is 2.98. The molecule has 0 radical (unpaired) electrons. The van der Waals surface area contributed by atoms with Crippen LogP contribution in [-0.2, 0) is 9.47 Å². The van der Waals surface area contributed by atoms with Crippen LogP contribution in [-0.4, -0.2) is 24.3 Å². The molecule has 1 aliphatic rings. The van der Waals surface area contributed by atoms with Gasteiger partial charge in [0, 0.05) is 11.9 Å². The summed E-state index contributed by atoms with van der Waals surface area (Å²) in [6.07, 6.45) is 7.38. The molecule has 0 aromatic rings. The number of ether oxygens (including phenoxy) is 2. The van der Waals surface area contributed by atoms with Crippen LogP contribution >= 0.6 is 15.9 Å². The highest BCUT2D eigenvalue weighted by atomic mass is 79.9. The van der Waals surface area contributed by atoms with Crippen LogP contribution in [0.1, 0.15) is 45.4 Å². The van der Waals surface area contributed by atoms with Crippen LogP contribution in [0.4, 0.5) is 0 Å². The Morgan fingerprint density at radius 3 is 2.86 bits per heavy atom. The van der Waals surface area contributed by atoms with E-state index in [9.17, 15) is 0 Å². The first kappa shape index (κ1) is 12.5. The van der Waals surface area contributed by atoms with Gasteiger partial charge in [-0.3, -0.25) is 0 Å². The summed E-state index contributed by atoms with van der Waals surface area (Å²) >= 11 is 3.46. The quantitative estimate of drug-likeness (QED) is 0.684. The monoisotopic (exact) mass is 264 g/mol.